The topological polar surface area (TPSA) is 107 Å². The normalized spacial score (nSPS) is 12.2. The number of nitrogens with zero attached hydrogens (tertiary/aromatic N) is 1. The molecule has 0 aliphatic rings. The summed E-state index contributed by atoms with van der Waals surface area (Å²) in [7, 11) is -2.32. The predicted molar refractivity (Wildman–Crippen MR) is 92.5 cm³/mol. The molecule has 0 fully saturated rings. The minimum atomic E-state index is -3.76. The Labute approximate surface area is 146 Å². The molecule has 1 amide bonds. The molecule has 0 aliphatic carbocycles. The first-order valence-corrected chi connectivity index (χ1v) is 8.82. The second-order valence-corrected chi connectivity index (χ2v) is 7.25. The molecule has 2 aromatic carbocycles. The zero-order chi connectivity index (χ0) is 18.6. The van der Waals surface area contributed by atoms with E-state index in [0.717, 1.165) is 4.31 Å². The third kappa shape index (κ3) is 4.16. The van der Waals surface area contributed by atoms with Gasteiger partial charge in [0.2, 0.25) is 0 Å². The molecular weight excluding hydrogens is 344 g/mol. The van der Waals surface area contributed by atoms with Crippen molar-refractivity contribution < 1.29 is 22.7 Å². The van der Waals surface area contributed by atoms with Gasteiger partial charge in [-0.1, -0.05) is 18.2 Å². The van der Waals surface area contributed by atoms with Crippen LogP contribution in [0.15, 0.2) is 59.5 Å². The van der Waals surface area contributed by atoms with Gasteiger partial charge in [0.05, 0.1) is 16.1 Å². The number of rotatable bonds is 6. The van der Waals surface area contributed by atoms with E-state index in [9.17, 15) is 18.0 Å². The molecule has 0 radical (unpaired) electrons. The Bertz CT molecular complexity index is 864. The fraction of sp³-hybridized carbons (Fsp3) is 0.176. The van der Waals surface area contributed by atoms with Gasteiger partial charge in [-0.25, -0.2) is 13.2 Å². The molecule has 0 aromatic heterocycles. The number of para-hydroxylation sites is 1. The van der Waals surface area contributed by atoms with Crippen LogP contribution in [0, 0.1) is 0 Å². The number of nitrogens with two attached hydrogens (primary N) is 1. The van der Waals surface area contributed by atoms with Crippen molar-refractivity contribution in [1.29, 1.82) is 0 Å². The van der Waals surface area contributed by atoms with Gasteiger partial charge in [-0.05, 0) is 43.3 Å². The SMILES string of the molecule is C[C@@H](OC(=O)c1ccc(S(=O)(=O)N(C)c2ccccc2)cc1)C(N)=O. The molecule has 0 aliphatic heterocycles. The Morgan fingerprint density at radius 1 is 1.04 bits per heavy atom. The molecule has 2 aromatic rings. The summed E-state index contributed by atoms with van der Waals surface area (Å²) in [4.78, 5) is 22.8. The largest absolute Gasteiger partial charge is 0.449 e. The Morgan fingerprint density at radius 2 is 1.60 bits per heavy atom. The summed E-state index contributed by atoms with van der Waals surface area (Å²) < 4.78 is 31.3. The van der Waals surface area contributed by atoms with Crippen LogP contribution in [0.5, 0.6) is 0 Å². The van der Waals surface area contributed by atoms with Crippen molar-refractivity contribution in [2.45, 2.75) is 17.9 Å². The van der Waals surface area contributed by atoms with Gasteiger partial charge in [0, 0.05) is 7.05 Å². The van der Waals surface area contributed by atoms with E-state index in [2.05, 4.69) is 0 Å². The number of esters is 1. The summed E-state index contributed by atoms with van der Waals surface area (Å²) >= 11 is 0. The Balaban J connectivity index is 2.21. The molecule has 8 heteroatoms. The van der Waals surface area contributed by atoms with Crippen LogP contribution < -0.4 is 10.0 Å². The van der Waals surface area contributed by atoms with Crippen molar-refractivity contribution in [2.24, 2.45) is 5.73 Å². The predicted octanol–water partition coefficient (Wildman–Crippen LogP) is 1.54. The van der Waals surface area contributed by atoms with Crippen LogP contribution in [0.3, 0.4) is 0 Å². The second kappa shape index (κ2) is 7.35. The summed E-state index contributed by atoms with van der Waals surface area (Å²) in [5.74, 6) is -1.52. The lowest BCUT2D eigenvalue weighted by molar-refractivity contribution is -0.125. The maximum atomic E-state index is 12.6. The van der Waals surface area contributed by atoms with Gasteiger partial charge in [0.1, 0.15) is 0 Å². The van der Waals surface area contributed by atoms with Gasteiger partial charge in [0.15, 0.2) is 6.10 Å². The van der Waals surface area contributed by atoms with Crippen molar-refractivity contribution in [3.05, 3.63) is 60.2 Å². The number of benzene rings is 2. The molecule has 25 heavy (non-hydrogen) atoms. The van der Waals surface area contributed by atoms with E-state index in [-0.39, 0.29) is 10.5 Å². The number of sulfonamides is 1. The summed E-state index contributed by atoms with van der Waals surface area (Å²) in [6.45, 7) is 1.36. The van der Waals surface area contributed by atoms with E-state index < -0.39 is 28.0 Å². The van der Waals surface area contributed by atoms with Crippen LogP contribution in [0.25, 0.3) is 0 Å². The Morgan fingerprint density at radius 3 is 2.12 bits per heavy atom. The van der Waals surface area contributed by atoms with Gasteiger partial charge >= 0.3 is 5.97 Å². The van der Waals surface area contributed by atoms with Gasteiger partial charge < -0.3 is 10.5 Å². The van der Waals surface area contributed by atoms with Crippen LogP contribution in [0.2, 0.25) is 0 Å². The molecule has 2 N–H and O–H groups in total. The highest BCUT2D eigenvalue weighted by molar-refractivity contribution is 7.92. The van der Waals surface area contributed by atoms with Gasteiger partial charge in [-0.2, -0.15) is 0 Å². The molecule has 0 saturated carbocycles. The molecule has 0 bridgehead atoms. The number of carbonyl (C=O) groups excluding carboxylic acids is 2. The maximum absolute atomic E-state index is 12.6. The fourth-order valence-corrected chi connectivity index (χ4v) is 3.18. The lowest BCUT2D eigenvalue weighted by Crippen LogP contribution is -2.30. The first kappa shape index (κ1) is 18.5. The highest BCUT2D eigenvalue weighted by atomic mass is 32.2. The average Bonchev–Trinajstić information content (AvgIpc) is 2.61. The number of anilines is 1. The lowest BCUT2D eigenvalue weighted by atomic mass is 10.2. The van der Waals surface area contributed by atoms with E-state index in [0.29, 0.717) is 5.69 Å². The smallest absolute Gasteiger partial charge is 0.338 e. The monoisotopic (exact) mass is 362 g/mol. The van der Waals surface area contributed by atoms with Gasteiger partial charge in [0.25, 0.3) is 15.9 Å². The molecular formula is C17H18N2O5S. The zero-order valence-corrected chi connectivity index (χ0v) is 14.6. The Hall–Kier alpha value is -2.87. The maximum Gasteiger partial charge on any atom is 0.338 e. The molecule has 7 nitrogen and oxygen atoms in total. The van der Waals surface area contributed by atoms with E-state index in [1.54, 1.807) is 30.3 Å². The molecule has 0 heterocycles. The summed E-state index contributed by atoms with van der Waals surface area (Å²) in [5.41, 5.74) is 5.67. The zero-order valence-electron chi connectivity index (χ0n) is 13.7. The van der Waals surface area contributed by atoms with Crippen molar-refractivity contribution in [2.75, 3.05) is 11.4 Å². The quantitative estimate of drug-likeness (QED) is 0.785. The Kier molecular flexibility index (Phi) is 5.43. The fourth-order valence-electron chi connectivity index (χ4n) is 1.98. The van der Waals surface area contributed by atoms with Crippen molar-refractivity contribution in [3.63, 3.8) is 0 Å². The summed E-state index contributed by atoms with van der Waals surface area (Å²) in [5, 5.41) is 0. The molecule has 0 saturated heterocycles. The standard InChI is InChI=1S/C17H18N2O5S/c1-12(16(18)20)24-17(21)13-8-10-15(11-9-13)25(22,23)19(2)14-6-4-3-5-7-14/h3-12H,1-2H3,(H2,18,20)/t12-/m1/s1. The van der Waals surface area contributed by atoms with Crippen LogP contribution in [0.4, 0.5) is 5.69 Å². The minimum Gasteiger partial charge on any atom is -0.449 e. The number of hydrogen-bond donors (Lipinski definition) is 1. The first-order valence-electron chi connectivity index (χ1n) is 7.38. The number of carbonyl (C=O) groups is 2. The van der Waals surface area contributed by atoms with Crippen molar-refractivity contribution >= 4 is 27.6 Å². The molecule has 0 unspecified atom stereocenters. The highest BCUT2D eigenvalue weighted by Gasteiger charge is 2.22. The summed E-state index contributed by atoms with van der Waals surface area (Å²) in [6, 6.07) is 13.9. The number of primary amides is 1. The van der Waals surface area contributed by atoms with Crippen LogP contribution in [0.1, 0.15) is 17.3 Å². The minimum absolute atomic E-state index is 0.0263. The number of hydrogen-bond acceptors (Lipinski definition) is 5. The van der Waals surface area contributed by atoms with Crippen LogP contribution >= 0.6 is 0 Å². The third-order valence-electron chi connectivity index (χ3n) is 3.55. The first-order chi connectivity index (χ1) is 11.7. The van der Waals surface area contributed by atoms with Crippen LogP contribution in [-0.4, -0.2) is 33.4 Å². The molecule has 2 rings (SSSR count). The molecule has 0 spiro atoms. The number of ether oxygens (including phenoxy) is 1. The summed E-state index contributed by atoms with van der Waals surface area (Å²) in [6.07, 6.45) is -1.07. The van der Waals surface area contributed by atoms with Crippen LogP contribution in [-0.2, 0) is 19.6 Å². The van der Waals surface area contributed by atoms with Crippen molar-refractivity contribution in [3.8, 4) is 0 Å². The van der Waals surface area contributed by atoms with Gasteiger partial charge in [-0.15, -0.1) is 0 Å². The van der Waals surface area contributed by atoms with Crippen molar-refractivity contribution in [1.82, 2.24) is 0 Å². The second-order valence-electron chi connectivity index (χ2n) is 5.28. The van der Waals surface area contributed by atoms with E-state index in [4.69, 9.17) is 10.5 Å². The lowest BCUT2D eigenvalue weighted by Gasteiger charge is -2.19. The van der Waals surface area contributed by atoms with E-state index >= 15 is 0 Å². The van der Waals surface area contributed by atoms with Gasteiger partial charge in [-0.3, -0.25) is 9.10 Å². The third-order valence-corrected chi connectivity index (χ3v) is 5.35. The van der Waals surface area contributed by atoms with E-state index in [1.165, 1.54) is 38.2 Å². The number of amides is 1. The highest BCUT2D eigenvalue weighted by Crippen LogP contribution is 2.22. The molecule has 132 valence electrons. The molecule has 1 atom stereocenters. The van der Waals surface area contributed by atoms with E-state index in [1.807, 2.05) is 0 Å². The average molecular weight is 362 g/mol.